The highest BCUT2D eigenvalue weighted by Gasteiger charge is 2.42. The molecule has 186 valence electrons. The summed E-state index contributed by atoms with van der Waals surface area (Å²) in [7, 11) is 0. The number of amides is 1. The maximum Gasteiger partial charge on any atom is 0.273 e. The minimum absolute atomic E-state index is 0.1000. The fourth-order valence-corrected chi connectivity index (χ4v) is 4.67. The first kappa shape index (κ1) is 24.8. The van der Waals surface area contributed by atoms with Gasteiger partial charge in [-0.25, -0.2) is 0 Å². The van der Waals surface area contributed by atoms with Crippen LogP contribution in [-0.4, -0.2) is 52.0 Å². The van der Waals surface area contributed by atoms with Gasteiger partial charge >= 0.3 is 0 Å². The van der Waals surface area contributed by atoms with Gasteiger partial charge in [-0.1, -0.05) is 25.1 Å². The maximum absolute atomic E-state index is 13.5. The molecule has 0 saturated carbocycles. The molecular weight excluding hydrogens is 442 g/mol. The Hall–Kier alpha value is -3.32. The third kappa shape index (κ3) is 5.05. The van der Waals surface area contributed by atoms with Crippen molar-refractivity contribution in [2.24, 2.45) is 0 Å². The first-order valence-corrected chi connectivity index (χ1v) is 12.4. The summed E-state index contributed by atoms with van der Waals surface area (Å²) < 4.78 is 11.6. The number of benzene rings is 2. The van der Waals surface area contributed by atoms with E-state index in [1.165, 1.54) is 0 Å². The molecule has 1 aromatic heterocycles. The summed E-state index contributed by atoms with van der Waals surface area (Å²) >= 11 is 0. The number of fused-ring (bicyclic) bond motifs is 1. The standard InChI is InChI=1S/C28H35N3O4/c1-6-12-35-21-10-7-9-20(16-21)26-23-24(22-15-18(4)14-19(5)27(22)32)29-30-25(23)28(33)31(26)11-8-13-34-17(2)3/h7,9-10,14-17,26,32H,6,8,11-13H2,1-5H3,(H,29,30). The third-order valence-electron chi connectivity index (χ3n) is 6.20. The van der Waals surface area contributed by atoms with Crippen molar-refractivity contribution >= 4 is 5.91 Å². The van der Waals surface area contributed by atoms with E-state index in [0.717, 1.165) is 34.4 Å². The summed E-state index contributed by atoms with van der Waals surface area (Å²) in [6.07, 6.45) is 1.77. The lowest BCUT2D eigenvalue weighted by molar-refractivity contribution is 0.0601. The first-order chi connectivity index (χ1) is 16.8. The molecule has 7 heteroatoms. The van der Waals surface area contributed by atoms with E-state index >= 15 is 0 Å². The van der Waals surface area contributed by atoms with Gasteiger partial charge in [0.05, 0.1) is 18.8 Å². The number of aryl methyl sites for hydroxylation is 2. The zero-order valence-corrected chi connectivity index (χ0v) is 21.2. The minimum Gasteiger partial charge on any atom is -0.507 e. The van der Waals surface area contributed by atoms with Crippen LogP contribution < -0.4 is 4.74 Å². The van der Waals surface area contributed by atoms with E-state index in [1.807, 2.05) is 69.0 Å². The van der Waals surface area contributed by atoms with E-state index in [9.17, 15) is 9.90 Å². The third-order valence-corrected chi connectivity index (χ3v) is 6.20. The molecule has 2 heterocycles. The van der Waals surface area contributed by atoms with Gasteiger partial charge in [0.25, 0.3) is 5.91 Å². The van der Waals surface area contributed by atoms with Gasteiger partial charge in [0.15, 0.2) is 0 Å². The number of nitrogens with one attached hydrogen (secondary N) is 1. The number of aromatic nitrogens is 2. The number of ether oxygens (including phenoxy) is 2. The number of carbonyl (C=O) groups excluding carboxylic acids is 1. The average molecular weight is 478 g/mol. The molecule has 1 aliphatic rings. The van der Waals surface area contributed by atoms with Crippen LogP contribution in [0.3, 0.4) is 0 Å². The number of phenolic OH excluding ortho intramolecular Hbond substituents is 1. The molecule has 1 amide bonds. The molecule has 0 fully saturated rings. The molecule has 1 atom stereocenters. The Labute approximate surface area is 207 Å². The lowest BCUT2D eigenvalue weighted by Crippen LogP contribution is -2.31. The number of H-pyrrole nitrogens is 1. The summed E-state index contributed by atoms with van der Waals surface area (Å²) in [5.41, 5.74) is 5.22. The topological polar surface area (TPSA) is 87.7 Å². The second-order valence-electron chi connectivity index (χ2n) is 9.43. The lowest BCUT2D eigenvalue weighted by atomic mass is 9.94. The largest absolute Gasteiger partial charge is 0.507 e. The van der Waals surface area contributed by atoms with Gasteiger partial charge in [0.1, 0.15) is 22.9 Å². The Morgan fingerprint density at radius 1 is 1.17 bits per heavy atom. The summed E-state index contributed by atoms with van der Waals surface area (Å²) in [5.74, 6) is 0.851. The fraction of sp³-hybridized carbons (Fsp3) is 0.429. The predicted octanol–water partition coefficient (Wildman–Crippen LogP) is 5.55. The number of carbonyl (C=O) groups is 1. The van der Waals surface area contributed by atoms with Crippen molar-refractivity contribution in [3.63, 3.8) is 0 Å². The van der Waals surface area contributed by atoms with Crippen molar-refractivity contribution in [2.75, 3.05) is 19.8 Å². The normalized spacial score (nSPS) is 15.2. The Bertz CT molecular complexity index is 1200. The summed E-state index contributed by atoms with van der Waals surface area (Å²) in [6, 6.07) is 11.4. The summed E-state index contributed by atoms with van der Waals surface area (Å²) in [6.45, 7) is 11.7. The van der Waals surface area contributed by atoms with Gasteiger partial charge in [-0.05, 0) is 75.4 Å². The van der Waals surface area contributed by atoms with Crippen LogP contribution in [0.4, 0.5) is 0 Å². The van der Waals surface area contributed by atoms with Crippen LogP contribution in [0.2, 0.25) is 0 Å². The highest BCUT2D eigenvalue weighted by Crippen LogP contribution is 2.45. The van der Waals surface area contributed by atoms with Crippen molar-refractivity contribution in [2.45, 2.75) is 59.6 Å². The molecule has 0 spiro atoms. The SMILES string of the molecule is CCCOc1cccc(C2c3c(-c4cc(C)cc(C)c4O)n[nH]c3C(=O)N2CCCOC(C)C)c1. The van der Waals surface area contributed by atoms with Gasteiger partial charge < -0.3 is 19.5 Å². The van der Waals surface area contributed by atoms with Crippen molar-refractivity contribution in [3.8, 4) is 22.8 Å². The van der Waals surface area contributed by atoms with Gasteiger partial charge in [-0.15, -0.1) is 0 Å². The number of hydrogen-bond donors (Lipinski definition) is 2. The smallest absolute Gasteiger partial charge is 0.273 e. The van der Waals surface area contributed by atoms with E-state index in [1.54, 1.807) is 0 Å². The van der Waals surface area contributed by atoms with Crippen LogP contribution in [0.15, 0.2) is 36.4 Å². The Morgan fingerprint density at radius 3 is 2.71 bits per heavy atom. The quantitative estimate of drug-likeness (QED) is 0.374. The van der Waals surface area contributed by atoms with E-state index < -0.39 is 0 Å². The minimum atomic E-state index is -0.351. The first-order valence-electron chi connectivity index (χ1n) is 12.4. The molecule has 0 bridgehead atoms. The van der Waals surface area contributed by atoms with Crippen LogP contribution in [0.25, 0.3) is 11.3 Å². The molecule has 1 aliphatic heterocycles. The Balaban J connectivity index is 1.79. The van der Waals surface area contributed by atoms with Crippen molar-refractivity contribution in [3.05, 3.63) is 64.3 Å². The predicted molar refractivity (Wildman–Crippen MR) is 136 cm³/mol. The zero-order chi connectivity index (χ0) is 25.1. The number of hydrogen-bond acceptors (Lipinski definition) is 5. The molecule has 1 unspecified atom stereocenters. The number of nitrogens with zero attached hydrogens (tertiary/aromatic N) is 2. The number of rotatable bonds is 10. The maximum atomic E-state index is 13.5. The van der Waals surface area contributed by atoms with E-state index in [0.29, 0.717) is 43.1 Å². The molecule has 2 N–H and O–H groups in total. The van der Waals surface area contributed by atoms with E-state index in [4.69, 9.17) is 9.47 Å². The van der Waals surface area contributed by atoms with Crippen molar-refractivity contribution in [1.82, 2.24) is 15.1 Å². The molecule has 3 aromatic rings. The molecule has 4 rings (SSSR count). The molecule has 2 aromatic carbocycles. The molecule has 0 radical (unpaired) electrons. The lowest BCUT2D eigenvalue weighted by Gasteiger charge is -2.27. The van der Waals surface area contributed by atoms with Gasteiger partial charge in [-0.3, -0.25) is 9.89 Å². The van der Waals surface area contributed by atoms with Crippen LogP contribution in [-0.2, 0) is 4.74 Å². The highest BCUT2D eigenvalue weighted by molar-refractivity contribution is 6.00. The van der Waals surface area contributed by atoms with Crippen LogP contribution in [0.5, 0.6) is 11.5 Å². The number of phenols is 1. The molecule has 35 heavy (non-hydrogen) atoms. The van der Waals surface area contributed by atoms with E-state index in [2.05, 4.69) is 17.1 Å². The van der Waals surface area contributed by atoms with Gasteiger partial charge in [-0.2, -0.15) is 5.10 Å². The van der Waals surface area contributed by atoms with Crippen molar-refractivity contribution in [1.29, 1.82) is 0 Å². The van der Waals surface area contributed by atoms with Crippen LogP contribution in [0, 0.1) is 13.8 Å². The van der Waals surface area contributed by atoms with Crippen molar-refractivity contribution < 1.29 is 19.4 Å². The number of aromatic amines is 1. The van der Waals surface area contributed by atoms with Gasteiger partial charge in [0, 0.05) is 24.3 Å². The average Bonchev–Trinajstić information content (AvgIpc) is 3.36. The molecule has 0 saturated heterocycles. The molecule has 0 aliphatic carbocycles. The second-order valence-corrected chi connectivity index (χ2v) is 9.43. The van der Waals surface area contributed by atoms with Gasteiger partial charge in [0.2, 0.25) is 0 Å². The summed E-state index contributed by atoms with van der Waals surface area (Å²) in [5, 5.41) is 18.4. The molecular formula is C28H35N3O4. The summed E-state index contributed by atoms with van der Waals surface area (Å²) in [4.78, 5) is 15.4. The monoisotopic (exact) mass is 477 g/mol. The van der Waals surface area contributed by atoms with Crippen LogP contribution >= 0.6 is 0 Å². The highest BCUT2D eigenvalue weighted by atomic mass is 16.5. The second kappa shape index (κ2) is 10.5. The van der Waals surface area contributed by atoms with Crippen LogP contribution in [0.1, 0.15) is 72.4 Å². The zero-order valence-electron chi connectivity index (χ0n) is 21.2. The Kier molecular flexibility index (Phi) is 7.45. The number of aromatic hydroxyl groups is 1. The molecule has 7 nitrogen and oxygen atoms in total. The van der Waals surface area contributed by atoms with E-state index in [-0.39, 0.29) is 23.8 Å². The fourth-order valence-electron chi connectivity index (χ4n) is 4.67. The Morgan fingerprint density at radius 2 is 1.97 bits per heavy atom.